The van der Waals surface area contributed by atoms with E-state index in [1.807, 2.05) is 13.8 Å². The highest BCUT2D eigenvalue weighted by Crippen LogP contribution is 2.48. The Labute approximate surface area is 277 Å². The van der Waals surface area contributed by atoms with Gasteiger partial charge in [0.25, 0.3) is 0 Å². The molecular weight excluding hydrogens is 621 g/mol. The Balaban J connectivity index is 0.00000179. The van der Waals surface area contributed by atoms with Crippen molar-refractivity contribution in [2.45, 2.75) is 51.7 Å². The molecule has 12 heteroatoms. The Hall–Kier alpha value is -4.34. The number of anilines is 1. The molecule has 2 aromatic heterocycles. The molecule has 2 saturated heterocycles. The lowest BCUT2D eigenvalue weighted by atomic mass is 9.95. The van der Waals surface area contributed by atoms with Crippen LogP contribution in [0, 0.1) is 29.4 Å². The third kappa shape index (κ3) is 5.83. The van der Waals surface area contributed by atoms with Gasteiger partial charge in [0.2, 0.25) is 5.88 Å². The van der Waals surface area contributed by atoms with Crippen LogP contribution in [-0.2, 0) is 0 Å². The third-order valence-corrected chi connectivity index (χ3v) is 9.67. The quantitative estimate of drug-likeness (QED) is 0.257. The maximum absolute atomic E-state index is 16.9. The number of piperidine rings is 1. The van der Waals surface area contributed by atoms with Crippen LogP contribution >= 0.6 is 0 Å². The second-order valence-electron chi connectivity index (χ2n) is 12.9. The number of hydrogen-bond donors (Lipinski definition) is 2. The van der Waals surface area contributed by atoms with Gasteiger partial charge in [-0.25, -0.2) is 18.2 Å². The van der Waals surface area contributed by atoms with E-state index in [2.05, 4.69) is 31.0 Å². The number of aromatic hydroxyl groups is 1. The number of halogens is 3. The number of benzene rings is 2. The van der Waals surface area contributed by atoms with Crippen LogP contribution in [0.1, 0.15) is 45.1 Å². The van der Waals surface area contributed by atoms with E-state index in [1.54, 1.807) is 0 Å². The largest absolute Gasteiger partial charge is 0.508 e. The predicted molar refractivity (Wildman–Crippen MR) is 178 cm³/mol. The number of nitrogens with one attached hydrogen (secondary N) is 1. The lowest BCUT2D eigenvalue weighted by Crippen LogP contribution is -2.53. The van der Waals surface area contributed by atoms with Crippen molar-refractivity contribution in [1.29, 1.82) is 0 Å². The topological polar surface area (TPSA) is 95.9 Å². The lowest BCUT2D eigenvalue weighted by molar-refractivity contribution is 0.0974. The molecule has 4 aliphatic rings. The molecule has 252 valence electrons. The molecule has 1 saturated carbocycles. The molecular formula is C36H39F3N6O3. The van der Waals surface area contributed by atoms with Crippen molar-refractivity contribution in [3.63, 3.8) is 0 Å². The molecule has 2 N–H and O–H groups in total. The second-order valence-corrected chi connectivity index (χ2v) is 12.9. The van der Waals surface area contributed by atoms with E-state index in [4.69, 9.17) is 20.9 Å². The van der Waals surface area contributed by atoms with Gasteiger partial charge in [-0.2, -0.15) is 9.97 Å². The lowest BCUT2D eigenvalue weighted by Gasteiger charge is -2.35. The van der Waals surface area contributed by atoms with E-state index in [0.717, 1.165) is 32.4 Å². The van der Waals surface area contributed by atoms with E-state index in [9.17, 15) is 13.9 Å². The average molecular weight is 661 g/mol. The number of terminal acetylenes is 1. The normalized spacial score (nSPS) is 21.4. The number of phenols is 1. The van der Waals surface area contributed by atoms with Gasteiger partial charge in [-0.15, -0.1) is 6.42 Å². The number of fused-ring (bicyclic) bond motifs is 3. The van der Waals surface area contributed by atoms with Crippen molar-refractivity contribution in [2.24, 2.45) is 5.41 Å². The van der Waals surface area contributed by atoms with Crippen LogP contribution in [-0.4, -0.2) is 89.7 Å². The maximum Gasteiger partial charge on any atom is 0.319 e. The summed E-state index contributed by atoms with van der Waals surface area (Å²) in [5, 5.41) is 14.9. The van der Waals surface area contributed by atoms with Gasteiger partial charge in [-0.1, -0.05) is 25.8 Å². The summed E-state index contributed by atoms with van der Waals surface area (Å²) in [7, 11) is 0. The predicted octanol–water partition coefficient (Wildman–Crippen LogP) is 5.60. The summed E-state index contributed by atoms with van der Waals surface area (Å²) < 4.78 is 58.3. The van der Waals surface area contributed by atoms with Crippen molar-refractivity contribution in [1.82, 2.24) is 25.2 Å². The highest BCUT2D eigenvalue weighted by molar-refractivity contribution is 6.04. The number of pyridine rings is 1. The van der Waals surface area contributed by atoms with E-state index in [1.165, 1.54) is 24.3 Å². The van der Waals surface area contributed by atoms with Crippen LogP contribution in [0.2, 0.25) is 0 Å². The van der Waals surface area contributed by atoms with E-state index in [-0.39, 0.29) is 63.4 Å². The van der Waals surface area contributed by atoms with Gasteiger partial charge >= 0.3 is 6.01 Å². The van der Waals surface area contributed by atoms with Crippen LogP contribution in [0.3, 0.4) is 0 Å². The zero-order valence-electron chi connectivity index (χ0n) is 27.2. The highest BCUT2D eigenvalue weighted by atomic mass is 19.1. The first-order chi connectivity index (χ1) is 23.3. The fourth-order valence-electron chi connectivity index (χ4n) is 7.13. The first kappa shape index (κ1) is 32.2. The first-order valence-corrected chi connectivity index (χ1v) is 16.8. The molecule has 2 atom stereocenters. The monoisotopic (exact) mass is 660 g/mol. The number of nitrogens with zero attached hydrogens (tertiary/aromatic N) is 5. The Bertz CT molecular complexity index is 1910. The van der Waals surface area contributed by atoms with E-state index in [0.29, 0.717) is 55.8 Å². The minimum Gasteiger partial charge on any atom is -0.508 e. The minimum atomic E-state index is -0.808. The molecule has 3 fully saturated rings. The van der Waals surface area contributed by atoms with Crippen molar-refractivity contribution < 1.29 is 27.8 Å². The van der Waals surface area contributed by atoms with Crippen LogP contribution < -0.4 is 19.7 Å². The number of rotatable bonds is 6. The molecule has 5 heterocycles. The summed E-state index contributed by atoms with van der Waals surface area (Å²) in [6.45, 7) is 8.53. The molecule has 4 aromatic rings. The van der Waals surface area contributed by atoms with Gasteiger partial charge in [0.1, 0.15) is 46.8 Å². The van der Waals surface area contributed by atoms with Crippen LogP contribution in [0.25, 0.3) is 32.9 Å². The summed E-state index contributed by atoms with van der Waals surface area (Å²) in [5.74, 6) is 1.35. The Morgan fingerprint density at radius 2 is 1.98 bits per heavy atom. The minimum absolute atomic E-state index is 0.0214. The fraction of sp³-hybridized carbons (Fsp3) is 0.472. The molecule has 48 heavy (non-hydrogen) atoms. The summed E-state index contributed by atoms with van der Waals surface area (Å²) in [6, 6.07) is 5.35. The summed E-state index contributed by atoms with van der Waals surface area (Å²) in [6.07, 6.45) is 8.22. The standard InChI is InChI=1S/C34H33F3N6O3.C2H6/c1-2-23-25(36)6-5-19-12-22(44)13-24(26(19)23)29-28(37)30-27-31(43-11-9-38-14-21(43)16-45-32(27)39-29)41-33(40-30)46-18-34(7-8-34)17-42-10-3-4-20(35)15-42;1-2/h1,5-6,12-13,20-21,38,44H,3-4,7-11,14-18H2;1-2H3/t20?,21-;/m0./s1. The molecule has 0 amide bonds. The highest BCUT2D eigenvalue weighted by Gasteiger charge is 2.46. The van der Waals surface area contributed by atoms with Crippen molar-refractivity contribution >= 4 is 27.5 Å². The van der Waals surface area contributed by atoms with E-state index < -0.39 is 17.8 Å². The number of hydrogen-bond acceptors (Lipinski definition) is 9. The number of aromatic nitrogens is 3. The molecule has 9 nitrogen and oxygen atoms in total. The molecule has 8 rings (SSSR count). The number of phenolic OH excluding ortho intramolecular Hbond substituents is 1. The first-order valence-electron chi connectivity index (χ1n) is 16.8. The summed E-state index contributed by atoms with van der Waals surface area (Å²) >= 11 is 0. The average Bonchev–Trinajstić information content (AvgIpc) is 3.88. The second kappa shape index (κ2) is 12.9. The Kier molecular flexibility index (Phi) is 8.68. The number of ether oxygens (including phenoxy) is 2. The SMILES string of the molecule is C#Cc1c(F)ccc2cc(O)cc(-c3nc4c5c(nc(OCC6(CN7CCCC(F)C7)CC6)nc5c3F)N3CCNC[C@H]3CO4)c12.CC. The van der Waals surface area contributed by atoms with Crippen LogP contribution in [0.15, 0.2) is 24.3 Å². The molecule has 2 aromatic carbocycles. The van der Waals surface area contributed by atoms with Gasteiger partial charge < -0.3 is 24.8 Å². The molecule has 1 aliphatic carbocycles. The van der Waals surface area contributed by atoms with Crippen LogP contribution in [0.5, 0.6) is 17.6 Å². The van der Waals surface area contributed by atoms with E-state index >= 15 is 4.39 Å². The van der Waals surface area contributed by atoms with Gasteiger partial charge in [-0.05, 0) is 55.8 Å². The van der Waals surface area contributed by atoms with Gasteiger partial charge in [0.15, 0.2) is 5.82 Å². The number of piperazine rings is 1. The summed E-state index contributed by atoms with van der Waals surface area (Å²) in [4.78, 5) is 18.2. The molecule has 0 radical (unpaired) electrons. The van der Waals surface area contributed by atoms with Gasteiger partial charge in [0, 0.05) is 49.1 Å². The Morgan fingerprint density at radius 1 is 1.15 bits per heavy atom. The molecule has 1 unspecified atom stereocenters. The number of alkyl halides is 1. The number of likely N-dealkylation sites (tertiary alicyclic amines) is 1. The van der Waals surface area contributed by atoms with Gasteiger partial charge in [-0.3, -0.25) is 4.90 Å². The van der Waals surface area contributed by atoms with Crippen molar-refractivity contribution in [2.75, 3.05) is 57.4 Å². The maximum atomic E-state index is 16.9. The summed E-state index contributed by atoms with van der Waals surface area (Å²) in [5.41, 5.74) is -0.344. The van der Waals surface area contributed by atoms with Gasteiger partial charge in [0.05, 0.1) is 18.2 Å². The zero-order chi connectivity index (χ0) is 33.6. The van der Waals surface area contributed by atoms with Crippen LogP contribution in [0.4, 0.5) is 19.0 Å². The third-order valence-electron chi connectivity index (χ3n) is 9.67. The van der Waals surface area contributed by atoms with Crippen molar-refractivity contribution in [3.8, 4) is 41.2 Å². The molecule has 0 bridgehead atoms. The van der Waals surface area contributed by atoms with Crippen molar-refractivity contribution in [3.05, 3.63) is 41.5 Å². The zero-order valence-corrected chi connectivity index (χ0v) is 27.2. The molecule has 0 spiro atoms. The fourth-order valence-corrected chi connectivity index (χ4v) is 7.13. The smallest absolute Gasteiger partial charge is 0.319 e. The Morgan fingerprint density at radius 3 is 2.75 bits per heavy atom. The molecule has 3 aliphatic heterocycles.